The summed E-state index contributed by atoms with van der Waals surface area (Å²) in [5, 5.41) is 6.17. The molecule has 0 unspecified atom stereocenters. The molecule has 0 saturated carbocycles. The predicted octanol–water partition coefficient (Wildman–Crippen LogP) is -1.34. The van der Waals surface area contributed by atoms with Gasteiger partial charge >= 0.3 is 0 Å². The average Bonchev–Trinajstić information content (AvgIpc) is 3.16. The summed E-state index contributed by atoms with van der Waals surface area (Å²) in [6.45, 7) is 1.26. The van der Waals surface area contributed by atoms with E-state index in [1.54, 1.807) is 12.0 Å². The van der Waals surface area contributed by atoms with E-state index in [1.165, 1.54) is 16.7 Å². The van der Waals surface area contributed by atoms with Gasteiger partial charge < -0.3 is 14.4 Å². The van der Waals surface area contributed by atoms with Crippen LogP contribution in [0.5, 0.6) is 0 Å². The first-order valence-electron chi connectivity index (χ1n) is 6.93. The molecule has 0 aliphatic carbocycles. The van der Waals surface area contributed by atoms with Crippen LogP contribution in [-0.2, 0) is 24.3 Å². The minimum Gasteiger partial charge on any atom is -0.383 e. The number of nitrogens with zero attached hydrogens (tertiary/aromatic N) is 3. The Morgan fingerprint density at radius 3 is 3.00 bits per heavy atom. The fourth-order valence-corrected chi connectivity index (χ4v) is 4.22. The van der Waals surface area contributed by atoms with Crippen LogP contribution in [-0.4, -0.2) is 85.8 Å². The number of amides is 1. The molecular formula is C12H18N4O5S. The molecule has 122 valence electrons. The van der Waals surface area contributed by atoms with E-state index in [-0.39, 0.29) is 42.6 Å². The van der Waals surface area contributed by atoms with Crippen molar-refractivity contribution in [3.8, 4) is 0 Å². The Morgan fingerprint density at radius 1 is 1.50 bits per heavy atom. The highest BCUT2D eigenvalue weighted by Gasteiger charge is 2.46. The van der Waals surface area contributed by atoms with E-state index in [2.05, 4.69) is 10.2 Å². The third-order valence-corrected chi connectivity index (χ3v) is 5.79. The molecule has 2 aliphatic heterocycles. The van der Waals surface area contributed by atoms with Crippen LogP contribution in [0.25, 0.3) is 0 Å². The predicted molar refractivity (Wildman–Crippen MR) is 74.5 cm³/mol. The fraction of sp³-hybridized carbons (Fsp3) is 0.667. The minimum atomic E-state index is -3.62. The third-order valence-electron chi connectivity index (χ3n) is 3.99. The second-order valence-electron chi connectivity index (χ2n) is 5.25. The Morgan fingerprint density at radius 2 is 2.32 bits per heavy atom. The highest BCUT2D eigenvalue weighted by atomic mass is 32.2. The summed E-state index contributed by atoms with van der Waals surface area (Å²) in [4.78, 5) is 13.8. The first-order chi connectivity index (χ1) is 10.5. The van der Waals surface area contributed by atoms with Crippen LogP contribution in [0.3, 0.4) is 0 Å². The van der Waals surface area contributed by atoms with Gasteiger partial charge in [-0.15, -0.1) is 0 Å². The number of aromatic amines is 1. The van der Waals surface area contributed by atoms with Gasteiger partial charge in [0.25, 0.3) is 0 Å². The summed E-state index contributed by atoms with van der Waals surface area (Å²) >= 11 is 0. The fourth-order valence-electron chi connectivity index (χ4n) is 2.84. The number of carbonyl (C=O) groups excluding carboxylic acids is 1. The van der Waals surface area contributed by atoms with Crippen molar-refractivity contribution in [1.29, 1.82) is 0 Å². The molecule has 1 aromatic heterocycles. The molecule has 0 spiro atoms. The number of aromatic nitrogens is 2. The van der Waals surface area contributed by atoms with E-state index >= 15 is 0 Å². The van der Waals surface area contributed by atoms with Crippen LogP contribution in [0.15, 0.2) is 17.3 Å². The van der Waals surface area contributed by atoms with Gasteiger partial charge in [-0.25, -0.2) is 8.42 Å². The maximum absolute atomic E-state index is 12.5. The van der Waals surface area contributed by atoms with Gasteiger partial charge in [-0.1, -0.05) is 0 Å². The van der Waals surface area contributed by atoms with Crippen molar-refractivity contribution >= 4 is 15.9 Å². The average molecular weight is 330 g/mol. The SMILES string of the molecule is COCCN1C(=O)CO[C@H]2CN(S(=O)(=O)c3cn[nH]c3)C[C@@H]21. The van der Waals surface area contributed by atoms with Crippen molar-refractivity contribution in [1.82, 2.24) is 19.4 Å². The molecule has 0 bridgehead atoms. The molecule has 0 aromatic carbocycles. The third kappa shape index (κ3) is 2.62. The van der Waals surface area contributed by atoms with Crippen LogP contribution in [0.2, 0.25) is 0 Å². The Balaban J connectivity index is 1.79. The molecule has 22 heavy (non-hydrogen) atoms. The van der Waals surface area contributed by atoms with E-state index in [1.807, 2.05) is 0 Å². The Bertz CT molecular complexity index is 632. The lowest BCUT2D eigenvalue weighted by molar-refractivity contribution is -0.153. The van der Waals surface area contributed by atoms with Crippen LogP contribution in [0, 0.1) is 0 Å². The van der Waals surface area contributed by atoms with Gasteiger partial charge in [0.15, 0.2) is 0 Å². The van der Waals surface area contributed by atoms with Crippen molar-refractivity contribution in [2.24, 2.45) is 0 Å². The summed E-state index contributed by atoms with van der Waals surface area (Å²) in [5.41, 5.74) is 0. The summed E-state index contributed by atoms with van der Waals surface area (Å²) in [7, 11) is -2.06. The van der Waals surface area contributed by atoms with Gasteiger partial charge in [-0.05, 0) is 0 Å². The van der Waals surface area contributed by atoms with Gasteiger partial charge in [0.2, 0.25) is 15.9 Å². The number of hydrogen-bond donors (Lipinski definition) is 1. The number of H-pyrrole nitrogens is 1. The second-order valence-corrected chi connectivity index (χ2v) is 7.19. The minimum absolute atomic E-state index is 0.0233. The number of methoxy groups -OCH3 is 1. The van der Waals surface area contributed by atoms with E-state index in [9.17, 15) is 13.2 Å². The molecule has 1 amide bonds. The molecule has 2 aliphatic rings. The van der Waals surface area contributed by atoms with Gasteiger partial charge in [0.05, 0.1) is 24.9 Å². The van der Waals surface area contributed by atoms with Crippen molar-refractivity contribution in [2.75, 3.05) is 40.0 Å². The number of carbonyl (C=O) groups is 1. The van der Waals surface area contributed by atoms with E-state index in [0.717, 1.165) is 0 Å². The normalized spacial score (nSPS) is 26.4. The quantitative estimate of drug-likeness (QED) is 0.716. The van der Waals surface area contributed by atoms with Crippen molar-refractivity contribution in [3.63, 3.8) is 0 Å². The van der Waals surface area contributed by atoms with Gasteiger partial charge in [0, 0.05) is 32.9 Å². The Hall–Kier alpha value is -1.49. The highest BCUT2D eigenvalue weighted by Crippen LogP contribution is 2.27. The molecule has 2 atom stereocenters. The molecule has 2 saturated heterocycles. The second kappa shape index (κ2) is 5.95. The molecule has 1 N–H and O–H groups in total. The van der Waals surface area contributed by atoms with Crippen LogP contribution >= 0.6 is 0 Å². The largest absolute Gasteiger partial charge is 0.383 e. The standard InChI is InChI=1S/C12H18N4O5S/c1-20-3-2-16-10-6-15(7-11(10)21-8-12(16)17)22(18,19)9-4-13-14-5-9/h4-5,10-11H,2-3,6-8H2,1H3,(H,13,14)/t10-,11-/m0/s1. The number of rotatable bonds is 5. The smallest absolute Gasteiger partial charge is 0.249 e. The molecule has 3 rings (SSSR count). The lowest BCUT2D eigenvalue weighted by Crippen LogP contribution is -2.54. The topological polar surface area (TPSA) is 105 Å². The highest BCUT2D eigenvalue weighted by molar-refractivity contribution is 7.89. The van der Waals surface area contributed by atoms with E-state index < -0.39 is 10.0 Å². The number of hydrogen-bond acceptors (Lipinski definition) is 6. The molecule has 3 heterocycles. The molecule has 9 nitrogen and oxygen atoms in total. The first-order valence-corrected chi connectivity index (χ1v) is 8.37. The molecule has 1 aromatic rings. The van der Waals surface area contributed by atoms with Crippen molar-refractivity contribution in [3.05, 3.63) is 12.4 Å². The number of ether oxygens (including phenoxy) is 2. The van der Waals surface area contributed by atoms with E-state index in [4.69, 9.17) is 9.47 Å². The van der Waals surface area contributed by atoms with Crippen LogP contribution in [0.4, 0.5) is 0 Å². The summed E-state index contributed by atoms with van der Waals surface area (Å²) in [5.74, 6) is -0.138. The van der Waals surface area contributed by atoms with Crippen LogP contribution < -0.4 is 0 Å². The first kappa shape index (κ1) is 15.4. The van der Waals surface area contributed by atoms with Crippen molar-refractivity contribution < 1.29 is 22.7 Å². The zero-order chi connectivity index (χ0) is 15.7. The van der Waals surface area contributed by atoms with Gasteiger partial charge in [-0.2, -0.15) is 9.40 Å². The monoisotopic (exact) mass is 330 g/mol. The Kier molecular flexibility index (Phi) is 4.17. The lowest BCUT2D eigenvalue weighted by Gasteiger charge is -2.36. The maximum Gasteiger partial charge on any atom is 0.249 e. The molecule has 10 heteroatoms. The molecule has 2 fully saturated rings. The van der Waals surface area contributed by atoms with E-state index in [0.29, 0.717) is 13.2 Å². The van der Waals surface area contributed by atoms with Gasteiger partial charge in [-0.3, -0.25) is 9.89 Å². The zero-order valence-corrected chi connectivity index (χ0v) is 13.0. The number of fused-ring (bicyclic) bond motifs is 1. The summed E-state index contributed by atoms with van der Waals surface area (Å²) < 4.78 is 36.9. The summed E-state index contributed by atoms with van der Waals surface area (Å²) in [6, 6.07) is -0.280. The zero-order valence-electron chi connectivity index (χ0n) is 12.1. The number of morpholine rings is 1. The molecular weight excluding hydrogens is 312 g/mol. The lowest BCUT2D eigenvalue weighted by atomic mass is 10.1. The Labute approximate surface area is 128 Å². The maximum atomic E-state index is 12.5. The molecule has 0 radical (unpaired) electrons. The number of nitrogens with one attached hydrogen (secondary N) is 1. The summed E-state index contributed by atoms with van der Waals surface area (Å²) in [6.07, 6.45) is 2.30. The number of sulfonamides is 1. The van der Waals surface area contributed by atoms with Gasteiger partial charge in [0.1, 0.15) is 11.5 Å². The van der Waals surface area contributed by atoms with Crippen molar-refractivity contribution in [2.45, 2.75) is 17.0 Å². The van der Waals surface area contributed by atoms with Crippen LogP contribution in [0.1, 0.15) is 0 Å².